The first-order chi connectivity index (χ1) is 9.24. The van der Waals surface area contributed by atoms with Crippen molar-refractivity contribution < 1.29 is 23.9 Å². The largest absolute Gasteiger partial charge is 0.454 e. The summed E-state index contributed by atoms with van der Waals surface area (Å²) < 4.78 is 21.4. The molecule has 7 heteroatoms. The summed E-state index contributed by atoms with van der Waals surface area (Å²) in [6, 6.07) is 3.42. The van der Waals surface area contributed by atoms with Gasteiger partial charge in [0.25, 0.3) is 0 Å². The van der Waals surface area contributed by atoms with E-state index in [0.29, 0.717) is 35.8 Å². The Kier molecular flexibility index (Phi) is 3.06. The molecule has 0 aromatic heterocycles. The van der Waals surface area contributed by atoms with Crippen molar-refractivity contribution in [3.8, 4) is 11.5 Å². The number of hydrogen-bond donors (Lipinski definition) is 0. The highest BCUT2D eigenvalue weighted by molar-refractivity contribution is 5.60. The molecule has 0 N–H and O–H groups in total. The van der Waals surface area contributed by atoms with Gasteiger partial charge in [-0.25, -0.2) is 0 Å². The number of benzene rings is 1. The molecule has 0 atom stereocenters. The maximum absolute atomic E-state index is 10.4. The molecule has 2 aliphatic heterocycles. The molecule has 0 bridgehead atoms. The van der Waals surface area contributed by atoms with Crippen LogP contribution in [0.2, 0.25) is 0 Å². The molecule has 0 spiro atoms. The second kappa shape index (κ2) is 4.87. The fourth-order valence-corrected chi connectivity index (χ4v) is 2.00. The molecule has 100 valence electrons. The average molecular weight is 265 g/mol. The fourth-order valence-electron chi connectivity index (χ4n) is 2.00. The van der Waals surface area contributed by atoms with E-state index in [4.69, 9.17) is 18.9 Å². The van der Waals surface area contributed by atoms with Gasteiger partial charge in [-0.1, -0.05) is 0 Å². The number of fused-ring (bicyclic) bond motifs is 1. The minimum Gasteiger partial charge on any atom is -0.454 e. The molecular formula is C12H11NO6. The minimum absolute atomic E-state index is 0.142. The fraction of sp³-hybridized carbons (Fsp3) is 0.333. The Bertz CT molecular complexity index is 535. The smallest absolute Gasteiger partial charge is 0.235 e. The molecule has 1 saturated heterocycles. The molecule has 19 heavy (non-hydrogen) atoms. The van der Waals surface area contributed by atoms with E-state index in [2.05, 4.69) is 0 Å². The minimum atomic E-state index is -0.527. The lowest BCUT2D eigenvalue weighted by Gasteiger charge is -2.13. The van der Waals surface area contributed by atoms with Gasteiger partial charge in [-0.2, -0.15) is 0 Å². The third-order valence-electron chi connectivity index (χ3n) is 2.83. The Balaban J connectivity index is 2.01. The van der Waals surface area contributed by atoms with Crippen molar-refractivity contribution >= 4 is 6.08 Å². The molecule has 3 rings (SSSR count). The van der Waals surface area contributed by atoms with Gasteiger partial charge < -0.3 is 18.9 Å². The maximum Gasteiger partial charge on any atom is 0.235 e. The lowest BCUT2D eigenvalue weighted by molar-refractivity contribution is -0.400. The first kappa shape index (κ1) is 11.9. The highest BCUT2D eigenvalue weighted by Crippen LogP contribution is 2.39. The third kappa shape index (κ3) is 2.38. The second-order valence-corrected chi connectivity index (χ2v) is 4.01. The van der Waals surface area contributed by atoms with Gasteiger partial charge >= 0.3 is 0 Å². The summed E-state index contributed by atoms with van der Waals surface area (Å²) in [5, 5.41) is 10.4. The Morgan fingerprint density at radius 2 is 1.89 bits per heavy atom. The van der Waals surface area contributed by atoms with Crippen LogP contribution in [0, 0.1) is 10.1 Å². The Morgan fingerprint density at radius 1 is 1.21 bits per heavy atom. The van der Waals surface area contributed by atoms with Gasteiger partial charge in [-0.15, -0.1) is 0 Å². The van der Waals surface area contributed by atoms with Crippen molar-refractivity contribution in [2.45, 2.75) is 6.29 Å². The van der Waals surface area contributed by atoms with Crippen LogP contribution in [0.4, 0.5) is 0 Å². The summed E-state index contributed by atoms with van der Waals surface area (Å²) in [5.74, 6) is 1.15. The van der Waals surface area contributed by atoms with Crippen LogP contribution >= 0.6 is 0 Å². The van der Waals surface area contributed by atoms with Crippen LogP contribution in [0.5, 0.6) is 11.5 Å². The van der Waals surface area contributed by atoms with E-state index in [1.807, 2.05) is 0 Å². The molecule has 0 aliphatic carbocycles. The van der Waals surface area contributed by atoms with Crippen LogP contribution in [0.15, 0.2) is 18.3 Å². The van der Waals surface area contributed by atoms with Gasteiger partial charge in [0, 0.05) is 11.6 Å². The van der Waals surface area contributed by atoms with E-state index in [-0.39, 0.29) is 6.79 Å². The highest BCUT2D eigenvalue weighted by Gasteiger charge is 2.25. The summed E-state index contributed by atoms with van der Waals surface area (Å²) in [6.45, 7) is 1.14. The summed E-state index contributed by atoms with van der Waals surface area (Å²) in [6.07, 6.45) is 1.74. The van der Waals surface area contributed by atoms with Gasteiger partial charge in [0.15, 0.2) is 17.8 Å². The highest BCUT2D eigenvalue weighted by atomic mass is 16.7. The average Bonchev–Trinajstić information content (AvgIpc) is 3.05. The Labute approximate surface area is 108 Å². The molecule has 0 amide bonds. The van der Waals surface area contributed by atoms with Crippen molar-refractivity contribution in [2.75, 3.05) is 20.0 Å². The number of nitro groups is 1. The molecule has 1 aromatic rings. The van der Waals surface area contributed by atoms with Crippen molar-refractivity contribution in [3.63, 3.8) is 0 Å². The van der Waals surface area contributed by atoms with Crippen LogP contribution in [0.3, 0.4) is 0 Å². The first-order valence-electron chi connectivity index (χ1n) is 5.72. The molecule has 1 aromatic carbocycles. The van der Waals surface area contributed by atoms with Gasteiger partial charge in [0.2, 0.25) is 13.0 Å². The van der Waals surface area contributed by atoms with E-state index in [1.54, 1.807) is 12.1 Å². The molecule has 0 saturated carbocycles. The monoisotopic (exact) mass is 265 g/mol. The quantitative estimate of drug-likeness (QED) is 0.611. The molecule has 1 fully saturated rings. The standard InChI is InChI=1S/C12H11NO6/c14-13(15)2-1-8-5-10-11(19-7-18-10)6-9(8)12-16-3-4-17-12/h1-2,5-6,12H,3-4,7H2/b2-1+. The molecule has 7 nitrogen and oxygen atoms in total. The first-order valence-corrected chi connectivity index (χ1v) is 5.72. The molecule has 2 aliphatic rings. The van der Waals surface area contributed by atoms with Crippen LogP contribution < -0.4 is 9.47 Å². The van der Waals surface area contributed by atoms with Crippen LogP contribution in [-0.4, -0.2) is 24.9 Å². The molecule has 0 radical (unpaired) electrons. The number of ether oxygens (including phenoxy) is 4. The number of hydrogen-bond acceptors (Lipinski definition) is 6. The number of nitrogens with zero attached hydrogens (tertiary/aromatic N) is 1. The summed E-state index contributed by atoms with van der Waals surface area (Å²) in [7, 11) is 0. The summed E-state index contributed by atoms with van der Waals surface area (Å²) in [4.78, 5) is 9.92. The van der Waals surface area contributed by atoms with Crippen molar-refractivity contribution in [2.24, 2.45) is 0 Å². The van der Waals surface area contributed by atoms with Gasteiger partial charge in [-0.3, -0.25) is 10.1 Å². The predicted molar refractivity (Wildman–Crippen MR) is 63.2 cm³/mol. The Hall–Kier alpha value is -2.12. The molecule has 2 heterocycles. The SMILES string of the molecule is O=[N+]([O-])/C=C/c1cc2c(cc1C1OCCO1)OCO2. The Morgan fingerprint density at radius 3 is 2.58 bits per heavy atom. The normalized spacial score (nSPS) is 18.3. The molecule has 0 unspecified atom stereocenters. The zero-order chi connectivity index (χ0) is 13.2. The van der Waals surface area contributed by atoms with Crippen LogP contribution in [-0.2, 0) is 9.47 Å². The van der Waals surface area contributed by atoms with Crippen molar-refractivity contribution in [1.29, 1.82) is 0 Å². The van der Waals surface area contributed by atoms with Gasteiger partial charge in [0.1, 0.15) is 0 Å². The van der Waals surface area contributed by atoms with Crippen LogP contribution in [0.25, 0.3) is 6.08 Å². The van der Waals surface area contributed by atoms with E-state index in [9.17, 15) is 10.1 Å². The topological polar surface area (TPSA) is 80.1 Å². The second-order valence-electron chi connectivity index (χ2n) is 4.01. The lowest BCUT2D eigenvalue weighted by Crippen LogP contribution is -2.01. The predicted octanol–water partition coefficient (Wildman–Crippen LogP) is 1.71. The zero-order valence-corrected chi connectivity index (χ0v) is 9.90. The van der Waals surface area contributed by atoms with E-state index in [1.165, 1.54) is 6.08 Å². The number of rotatable bonds is 3. The van der Waals surface area contributed by atoms with Gasteiger partial charge in [0.05, 0.1) is 18.1 Å². The third-order valence-corrected chi connectivity index (χ3v) is 2.83. The summed E-state index contributed by atoms with van der Waals surface area (Å²) in [5.41, 5.74) is 1.31. The van der Waals surface area contributed by atoms with Crippen molar-refractivity contribution in [1.82, 2.24) is 0 Å². The van der Waals surface area contributed by atoms with E-state index < -0.39 is 11.2 Å². The van der Waals surface area contributed by atoms with E-state index in [0.717, 1.165) is 6.20 Å². The van der Waals surface area contributed by atoms with Crippen LogP contribution in [0.1, 0.15) is 17.4 Å². The summed E-state index contributed by atoms with van der Waals surface area (Å²) >= 11 is 0. The zero-order valence-electron chi connectivity index (χ0n) is 9.90. The van der Waals surface area contributed by atoms with E-state index >= 15 is 0 Å². The lowest BCUT2D eigenvalue weighted by atomic mass is 10.1. The maximum atomic E-state index is 10.4. The van der Waals surface area contributed by atoms with Crippen molar-refractivity contribution in [3.05, 3.63) is 39.6 Å². The molecular weight excluding hydrogens is 254 g/mol. The van der Waals surface area contributed by atoms with Gasteiger partial charge in [-0.05, 0) is 17.7 Å².